The first-order valence-corrected chi connectivity index (χ1v) is 8.43. The summed E-state index contributed by atoms with van der Waals surface area (Å²) in [7, 11) is 0. The maximum Gasteiger partial charge on any atom is 0.225 e. The molecule has 1 atom stereocenters. The van der Waals surface area contributed by atoms with E-state index in [1.807, 2.05) is 11.0 Å². The second-order valence-corrected chi connectivity index (χ2v) is 7.24. The molecule has 1 unspecified atom stereocenters. The lowest BCUT2D eigenvalue weighted by Crippen LogP contribution is -2.57. The van der Waals surface area contributed by atoms with E-state index in [9.17, 15) is 9.90 Å². The van der Waals surface area contributed by atoms with Gasteiger partial charge in [0.25, 0.3) is 0 Å². The van der Waals surface area contributed by atoms with Crippen molar-refractivity contribution in [3.8, 4) is 0 Å². The molecule has 0 bridgehead atoms. The molecule has 0 radical (unpaired) electrons. The lowest BCUT2D eigenvalue weighted by atomic mass is 9.77. The van der Waals surface area contributed by atoms with Crippen LogP contribution in [-0.4, -0.2) is 58.1 Å². The molecule has 1 N–H and O–H groups in total. The molecule has 0 aromatic carbocycles. The fraction of sp³-hybridized carbons (Fsp3) is 0.824. The maximum absolute atomic E-state index is 12.5. The topological polar surface area (TPSA) is 43.8 Å². The lowest BCUT2D eigenvalue weighted by molar-refractivity contribution is -0.144. The van der Waals surface area contributed by atoms with Crippen molar-refractivity contribution in [2.45, 2.75) is 62.5 Å². The molecule has 1 spiro atoms. The summed E-state index contributed by atoms with van der Waals surface area (Å²) < 4.78 is 0. The van der Waals surface area contributed by atoms with E-state index in [4.69, 9.17) is 0 Å². The number of carbonyl (C=O) groups excluding carboxylic acids is 1. The van der Waals surface area contributed by atoms with Crippen LogP contribution in [0.25, 0.3) is 0 Å². The van der Waals surface area contributed by atoms with Crippen LogP contribution >= 0.6 is 0 Å². The Morgan fingerprint density at radius 1 is 1.14 bits per heavy atom. The number of aliphatic hydroxyl groups is 1. The van der Waals surface area contributed by atoms with Gasteiger partial charge in [-0.05, 0) is 51.5 Å². The van der Waals surface area contributed by atoms with E-state index < -0.39 is 5.60 Å². The van der Waals surface area contributed by atoms with E-state index in [1.54, 1.807) is 0 Å². The fourth-order valence-electron chi connectivity index (χ4n) is 4.38. The molecule has 1 saturated carbocycles. The van der Waals surface area contributed by atoms with Crippen LogP contribution in [0, 0.1) is 0 Å². The summed E-state index contributed by atoms with van der Waals surface area (Å²) in [5.74, 6) is 0.154. The number of rotatable bonds is 4. The average molecular weight is 292 g/mol. The van der Waals surface area contributed by atoms with Gasteiger partial charge in [0.05, 0.1) is 12.0 Å². The molecule has 2 aliphatic heterocycles. The van der Waals surface area contributed by atoms with Gasteiger partial charge in [-0.3, -0.25) is 9.69 Å². The summed E-state index contributed by atoms with van der Waals surface area (Å²) in [4.78, 5) is 17.1. The van der Waals surface area contributed by atoms with E-state index in [-0.39, 0.29) is 11.4 Å². The van der Waals surface area contributed by atoms with E-state index in [1.165, 1.54) is 19.3 Å². The second-order valence-electron chi connectivity index (χ2n) is 7.24. The van der Waals surface area contributed by atoms with Crippen LogP contribution in [0.1, 0.15) is 51.4 Å². The molecule has 0 aromatic heterocycles. The third-order valence-corrected chi connectivity index (χ3v) is 5.76. The summed E-state index contributed by atoms with van der Waals surface area (Å²) >= 11 is 0. The van der Waals surface area contributed by atoms with Gasteiger partial charge in [0.1, 0.15) is 0 Å². The Morgan fingerprint density at radius 3 is 2.48 bits per heavy atom. The predicted molar refractivity (Wildman–Crippen MR) is 83.0 cm³/mol. The highest BCUT2D eigenvalue weighted by Gasteiger charge is 2.45. The quantitative estimate of drug-likeness (QED) is 0.805. The first-order valence-electron chi connectivity index (χ1n) is 8.43. The average Bonchev–Trinajstić information content (AvgIpc) is 2.80. The standard InChI is InChI=1S/C17H28N2O2/c1-2-10-19-12-5-7-16(19)6-4-11-18(14-16)15(20)13-17(21)8-3-9-17/h2,21H,1,3-14H2. The Balaban J connectivity index is 1.64. The number of nitrogens with zero attached hydrogens (tertiary/aromatic N) is 2. The van der Waals surface area contributed by atoms with E-state index in [2.05, 4.69) is 11.5 Å². The van der Waals surface area contributed by atoms with Gasteiger partial charge in [-0.2, -0.15) is 0 Å². The van der Waals surface area contributed by atoms with Gasteiger partial charge in [0.2, 0.25) is 5.91 Å². The van der Waals surface area contributed by atoms with Crippen molar-refractivity contribution in [1.29, 1.82) is 0 Å². The number of likely N-dealkylation sites (tertiary alicyclic amines) is 2. The summed E-state index contributed by atoms with van der Waals surface area (Å²) in [5.41, 5.74) is -0.525. The van der Waals surface area contributed by atoms with Crippen molar-refractivity contribution in [3.05, 3.63) is 12.7 Å². The molecule has 0 aromatic rings. The van der Waals surface area contributed by atoms with Crippen LogP contribution in [0.15, 0.2) is 12.7 Å². The van der Waals surface area contributed by atoms with E-state index in [0.29, 0.717) is 6.42 Å². The molecular formula is C17H28N2O2. The van der Waals surface area contributed by atoms with Gasteiger partial charge in [-0.1, -0.05) is 6.08 Å². The van der Waals surface area contributed by atoms with E-state index >= 15 is 0 Å². The van der Waals surface area contributed by atoms with Gasteiger partial charge in [0.15, 0.2) is 0 Å². The summed E-state index contributed by atoms with van der Waals surface area (Å²) in [5, 5.41) is 10.2. The minimum Gasteiger partial charge on any atom is -0.389 e. The van der Waals surface area contributed by atoms with Gasteiger partial charge >= 0.3 is 0 Å². The molecule has 21 heavy (non-hydrogen) atoms. The van der Waals surface area contributed by atoms with E-state index in [0.717, 1.165) is 51.9 Å². The molecule has 118 valence electrons. The zero-order chi connectivity index (χ0) is 14.9. The van der Waals surface area contributed by atoms with Crippen molar-refractivity contribution in [2.75, 3.05) is 26.2 Å². The first-order chi connectivity index (χ1) is 10.1. The van der Waals surface area contributed by atoms with Crippen LogP contribution in [0.2, 0.25) is 0 Å². The van der Waals surface area contributed by atoms with Crippen molar-refractivity contribution in [1.82, 2.24) is 9.80 Å². The van der Waals surface area contributed by atoms with Gasteiger partial charge in [0, 0.05) is 25.2 Å². The molecular weight excluding hydrogens is 264 g/mol. The third kappa shape index (κ3) is 2.88. The molecule has 4 nitrogen and oxygen atoms in total. The Kier molecular flexibility index (Phi) is 4.10. The molecule has 3 aliphatic rings. The highest BCUT2D eigenvalue weighted by atomic mass is 16.3. The normalized spacial score (nSPS) is 32.1. The molecule has 3 fully saturated rings. The minimum atomic E-state index is -0.696. The molecule has 1 aliphatic carbocycles. The van der Waals surface area contributed by atoms with Crippen LogP contribution < -0.4 is 0 Å². The van der Waals surface area contributed by atoms with Crippen molar-refractivity contribution >= 4 is 5.91 Å². The predicted octanol–water partition coefficient (Wildman–Crippen LogP) is 1.93. The molecule has 2 heterocycles. The second kappa shape index (κ2) is 5.73. The highest BCUT2D eigenvalue weighted by Crippen LogP contribution is 2.39. The van der Waals surface area contributed by atoms with Crippen LogP contribution in [0.5, 0.6) is 0 Å². The van der Waals surface area contributed by atoms with Crippen LogP contribution in [0.4, 0.5) is 0 Å². The third-order valence-electron chi connectivity index (χ3n) is 5.76. The first kappa shape index (κ1) is 15.0. The molecule has 4 heteroatoms. The number of piperidine rings is 1. The van der Waals surface area contributed by atoms with Gasteiger partial charge in [-0.25, -0.2) is 0 Å². The Labute approximate surface area is 127 Å². The zero-order valence-electron chi connectivity index (χ0n) is 13.0. The van der Waals surface area contributed by atoms with Crippen molar-refractivity contribution < 1.29 is 9.90 Å². The fourth-order valence-corrected chi connectivity index (χ4v) is 4.38. The molecule has 1 amide bonds. The monoisotopic (exact) mass is 292 g/mol. The number of carbonyl (C=O) groups is 1. The van der Waals surface area contributed by atoms with Gasteiger partial charge in [-0.15, -0.1) is 6.58 Å². The zero-order valence-corrected chi connectivity index (χ0v) is 13.0. The van der Waals surface area contributed by atoms with Crippen LogP contribution in [-0.2, 0) is 4.79 Å². The SMILES string of the molecule is C=CCN1CCCC12CCCN(C(=O)CC1(O)CCC1)C2. The maximum atomic E-state index is 12.5. The smallest absolute Gasteiger partial charge is 0.225 e. The largest absolute Gasteiger partial charge is 0.389 e. The molecule has 3 rings (SSSR count). The lowest BCUT2D eigenvalue weighted by Gasteiger charge is -2.47. The van der Waals surface area contributed by atoms with Crippen LogP contribution in [0.3, 0.4) is 0 Å². The Bertz CT molecular complexity index is 419. The van der Waals surface area contributed by atoms with Crippen molar-refractivity contribution in [2.24, 2.45) is 0 Å². The number of hydrogen-bond donors (Lipinski definition) is 1. The summed E-state index contributed by atoms with van der Waals surface area (Å²) in [6.07, 6.45) is 9.62. The van der Waals surface area contributed by atoms with Gasteiger partial charge < -0.3 is 10.0 Å². The highest BCUT2D eigenvalue weighted by molar-refractivity contribution is 5.77. The summed E-state index contributed by atoms with van der Waals surface area (Å²) in [6.45, 7) is 7.62. The number of hydrogen-bond acceptors (Lipinski definition) is 3. The summed E-state index contributed by atoms with van der Waals surface area (Å²) in [6, 6.07) is 0. The van der Waals surface area contributed by atoms with Crippen molar-refractivity contribution in [3.63, 3.8) is 0 Å². The Hall–Kier alpha value is -0.870. The molecule has 2 saturated heterocycles. The minimum absolute atomic E-state index is 0.154. The number of amides is 1. The Morgan fingerprint density at radius 2 is 1.86 bits per heavy atom.